The number of rotatable bonds is 7. The fourth-order valence-electron chi connectivity index (χ4n) is 2.35. The number of hydrogen-bond donors (Lipinski definition) is 2. The van der Waals surface area contributed by atoms with Gasteiger partial charge < -0.3 is 11.1 Å². The normalized spacial score (nSPS) is 12.0. The van der Waals surface area contributed by atoms with Gasteiger partial charge in [-0.1, -0.05) is 30.3 Å². The van der Waals surface area contributed by atoms with E-state index >= 15 is 0 Å². The van der Waals surface area contributed by atoms with E-state index in [9.17, 15) is 18.0 Å². The molecule has 0 unspecified atom stereocenters. The molecule has 0 heterocycles. The third kappa shape index (κ3) is 5.38. The van der Waals surface area contributed by atoms with Crippen LogP contribution in [0.3, 0.4) is 0 Å². The molecule has 1 amide bonds. The number of benzene rings is 2. The SMILES string of the molecule is N[C@@H](CCNC(=O)Cc1ccccc1)Cc1cc(F)c(F)cc1F. The molecule has 3 N–H and O–H groups in total. The van der Waals surface area contributed by atoms with E-state index in [4.69, 9.17) is 5.73 Å². The van der Waals surface area contributed by atoms with Gasteiger partial charge in [0.1, 0.15) is 5.82 Å². The number of nitrogens with one attached hydrogen (secondary N) is 1. The van der Waals surface area contributed by atoms with Crippen LogP contribution >= 0.6 is 0 Å². The summed E-state index contributed by atoms with van der Waals surface area (Å²) in [5.41, 5.74) is 6.80. The number of halogens is 3. The molecule has 0 spiro atoms. The molecule has 2 aromatic carbocycles. The zero-order valence-electron chi connectivity index (χ0n) is 13.1. The molecule has 128 valence electrons. The lowest BCUT2D eigenvalue weighted by Crippen LogP contribution is -2.32. The minimum Gasteiger partial charge on any atom is -0.356 e. The molecule has 0 aliphatic heterocycles. The predicted molar refractivity (Wildman–Crippen MR) is 85.8 cm³/mol. The average Bonchev–Trinajstić information content (AvgIpc) is 2.53. The van der Waals surface area contributed by atoms with E-state index in [0.29, 0.717) is 19.0 Å². The lowest BCUT2D eigenvalue weighted by atomic mass is 10.0. The van der Waals surface area contributed by atoms with Gasteiger partial charge in [0.2, 0.25) is 5.91 Å². The summed E-state index contributed by atoms with van der Waals surface area (Å²) in [4.78, 5) is 11.8. The van der Waals surface area contributed by atoms with E-state index in [2.05, 4.69) is 5.32 Å². The summed E-state index contributed by atoms with van der Waals surface area (Å²) in [6, 6.07) is 10.2. The Morgan fingerprint density at radius 1 is 1.04 bits per heavy atom. The van der Waals surface area contributed by atoms with Crippen LogP contribution in [0.15, 0.2) is 42.5 Å². The van der Waals surface area contributed by atoms with Crippen LogP contribution in [0, 0.1) is 17.5 Å². The van der Waals surface area contributed by atoms with E-state index in [-0.39, 0.29) is 24.3 Å². The highest BCUT2D eigenvalue weighted by Crippen LogP contribution is 2.15. The van der Waals surface area contributed by atoms with Crippen molar-refractivity contribution in [3.63, 3.8) is 0 Å². The third-order valence-electron chi connectivity index (χ3n) is 3.62. The Morgan fingerprint density at radius 2 is 1.71 bits per heavy atom. The number of carbonyl (C=O) groups is 1. The average molecular weight is 336 g/mol. The lowest BCUT2D eigenvalue weighted by molar-refractivity contribution is -0.120. The van der Waals surface area contributed by atoms with Gasteiger partial charge >= 0.3 is 0 Å². The second kappa shape index (κ2) is 8.49. The van der Waals surface area contributed by atoms with E-state index < -0.39 is 23.5 Å². The zero-order chi connectivity index (χ0) is 17.5. The highest BCUT2D eigenvalue weighted by Gasteiger charge is 2.13. The first kappa shape index (κ1) is 18.0. The molecule has 0 aromatic heterocycles. The van der Waals surface area contributed by atoms with Crippen LogP contribution in [0.1, 0.15) is 17.5 Å². The predicted octanol–water partition coefficient (Wildman–Crippen LogP) is 2.72. The Bertz CT molecular complexity index is 692. The second-order valence-electron chi connectivity index (χ2n) is 5.62. The third-order valence-corrected chi connectivity index (χ3v) is 3.62. The molecular formula is C18H19F3N2O. The van der Waals surface area contributed by atoms with Crippen LogP contribution < -0.4 is 11.1 Å². The van der Waals surface area contributed by atoms with Crippen molar-refractivity contribution in [2.45, 2.75) is 25.3 Å². The zero-order valence-corrected chi connectivity index (χ0v) is 13.1. The number of carbonyl (C=O) groups excluding carboxylic acids is 1. The smallest absolute Gasteiger partial charge is 0.224 e. The number of amides is 1. The summed E-state index contributed by atoms with van der Waals surface area (Å²) in [7, 11) is 0. The molecule has 24 heavy (non-hydrogen) atoms. The highest BCUT2D eigenvalue weighted by molar-refractivity contribution is 5.78. The van der Waals surface area contributed by atoms with Gasteiger partial charge in [0.25, 0.3) is 0 Å². The lowest BCUT2D eigenvalue weighted by Gasteiger charge is -2.13. The minimum atomic E-state index is -1.22. The van der Waals surface area contributed by atoms with Gasteiger partial charge in [-0.3, -0.25) is 4.79 Å². The van der Waals surface area contributed by atoms with Crippen molar-refractivity contribution in [1.82, 2.24) is 5.32 Å². The van der Waals surface area contributed by atoms with Gasteiger partial charge in [0.05, 0.1) is 6.42 Å². The molecular weight excluding hydrogens is 317 g/mol. The maximum Gasteiger partial charge on any atom is 0.224 e. The summed E-state index contributed by atoms with van der Waals surface area (Å²) in [5.74, 6) is -3.28. The Balaban J connectivity index is 1.76. The van der Waals surface area contributed by atoms with Crippen molar-refractivity contribution >= 4 is 5.91 Å². The van der Waals surface area contributed by atoms with Gasteiger partial charge in [-0.25, -0.2) is 13.2 Å². The van der Waals surface area contributed by atoms with Gasteiger partial charge in [0.15, 0.2) is 11.6 Å². The van der Waals surface area contributed by atoms with Gasteiger partial charge in [-0.15, -0.1) is 0 Å². The minimum absolute atomic E-state index is 0.0250. The first-order valence-corrected chi connectivity index (χ1v) is 7.65. The number of nitrogens with two attached hydrogens (primary N) is 1. The van der Waals surface area contributed by atoms with Crippen LogP contribution in [-0.4, -0.2) is 18.5 Å². The van der Waals surface area contributed by atoms with E-state index in [1.807, 2.05) is 30.3 Å². The van der Waals surface area contributed by atoms with Crippen LogP contribution in [0.4, 0.5) is 13.2 Å². The summed E-state index contributed by atoms with van der Waals surface area (Å²) in [6.45, 7) is 0.331. The number of hydrogen-bond acceptors (Lipinski definition) is 2. The van der Waals surface area contributed by atoms with Crippen LogP contribution in [-0.2, 0) is 17.6 Å². The molecule has 2 rings (SSSR count). The van der Waals surface area contributed by atoms with Crippen molar-refractivity contribution in [2.75, 3.05) is 6.54 Å². The fourth-order valence-corrected chi connectivity index (χ4v) is 2.35. The molecule has 2 aromatic rings. The van der Waals surface area contributed by atoms with Crippen LogP contribution in [0.5, 0.6) is 0 Å². The van der Waals surface area contributed by atoms with E-state index in [1.165, 1.54) is 0 Å². The molecule has 1 atom stereocenters. The Kier molecular flexibility index (Phi) is 6.37. The topological polar surface area (TPSA) is 55.1 Å². The standard InChI is InChI=1S/C18H19F3N2O/c19-15-11-17(21)16(20)10-13(15)9-14(22)6-7-23-18(24)8-12-4-2-1-3-5-12/h1-5,10-11,14H,6-9,22H2,(H,23,24)/t14-/m0/s1. The Morgan fingerprint density at radius 3 is 2.42 bits per heavy atom. The van der Waals surface area contributed by atoms with Crippen molar-refractivity contribution in [2.24, 2.45) is 5.73 Å². The van der Waals surface area contributed by atoms with Gasteiger partial charge in [-0.05, 0) is 30.0 Å². The molecule has 0 fully saturated rings. The molecule has 0 aliphatic rings. The van der Waals surface area contributed by atoms with Crippen molar-refractivity contribution in [3.8, 4) is 0 Å². The molecule has 3 nitrogen and oxygen atoms in total. The first-order chi connectivity index (χ1) is 11.5. The molecule has 6 heteroatoms. The molecule has 0 radical (unpaired) electrons. The van der Waals surface area contributed by atoms with Crippen molar-refractivity contribution in [3.05, 3.63) is 71.0 Å². The van der Waals surface area contributed by atoms with E-state index in [0.717, 1.165) is 11.6 Å². The molecule has 0 aliphatic carbocycles. The maximum atomic E-state index is 13.6. The molecule has 0 bridgehead atoms. The summed E-state index contributed by atoms with van der Waals surface area (Å²) in [5, 5.41) is 2.74. The monoisotopic (exact) mass is 336 g/mol. The first-order valence-electron chi connectivity index (χ1n) is 7.65. The van der Waals surface area contributed by atoms with Crippen LogP contribution in [0.25, 0.3) is 0 Å². The summed E-state index contributed by atoms with van der Waals surface area (Å²) >= 11 is 0. The molecule has 0 saturated carbocycles. The second-order valence-corrected chi connectivity index (χ2v) is 5.62. The quantitative estimate of drug-likeness (QED) is 0.764. The highest BCUT2D eigenvalue weighted by atomic mass is 19.2. The van der Waals surface area contributed by atoms with E-state index in [1.54, 1.807) is 0 Å². The fraction of sp³-hybridized carbons (Fsp3) is 0.278. The largest absolute Gasteiger partial charge is 0.356 e. The van der Waals surface area contributed by atoms with Crippen LogP contribution in [0.2, 0.25) is 0 Å². The Hall–Kier alpha value is -2.34. The van der Waals surface area contributed by atoms with Gasteiger partial charge in [-0.2, -0.15) is 0 Å². The van der Waals surface area contributed by atoms with Crippen molar-refractivity contribution in [1.29, 1.82) is 0 Å². The maximum absolute atomic E-state index is 13.6. The molecule has 0 saturated heterocycles. The van der Waals surface area contributed by atoms with Crippen molar-refractivity contribution < 1.29 is 18.0 Å². The van der Waals surface area contributed by atoms with Gasteiger partial charge in [0, 0.05) is 18.7 Å². The summed E-state index contributed by atoms with van der Waals surface area (Å²) in [6.07, 6.45) is 0.741. The Labute approximate surface area is 138 Å². The summed E-state index contributed by atoms with van der Waals surface area (Å²) < 4.78 is 39.6.